The van der Waals surface area contributed by atoms with Crippen molar-refractivity contribution in [1.29, 1.82) is 0 Å². The van der Waals surface area contributed by atoms with Gasteiger partial charge in [0.1, 0.15) is 5.60 Å². The summed E-state index contributed by atoms with van der Waals surface area (Å²) < 4.78 is 5.38. The maximum atomic E-state index is 12.5. The van der Waals surface area contributed by atoms with E-state index >= 15 is 0 Å². The predicted octanol–water partition coefficient (Wildman–Crippen LogP) is 1.08. The largest absolute Gasteiger partial charge is 0.444 e. The molecule has 3 atom stereocenters. The number of carbonyl (C=O) groups is 2. The van der Waals surface area contributed by atoms with Crippen molar-refractivity contribution in [2.75, 3.05) is 26.2 Å². The second-order valence-corrected chi connectivity index (χ2v) is 7.80. The van der Waals surface area contributed by atoms with Gasteiger partial charge in [-0.25, -0.2) is 4.79 Å². The number of rotatable bonds is 1. The zero-order chi connectivity index (χ0) is 16.1. The van der Waals surface area contributed by atoms with Crippen LogP contribution in [-0.2, 0) is 9.53 Å². The SMILES string of the molecule is CC(C)(C)OC(=O)N1C[C@@H]2C(C(=O)N3CCC(O)CC3)[C@@H]2C1. The first-order valence-electron chi connectivity index (χ1n) is 8.21. The number of nitrogens with zero attached hydrogens (tertiary/aromatic N) is 2. The molecule has 0 spiro atoms. The van der Waals surface area contributed by atoms with E-state index in [4.69, 9.17) is 4.74 Å². The number of amides is 2. The molecular formula is C16H26N2O4. The summed E-state index contributed by atoms with van der Waals surface area (Å²) in [5.74, 6) is 0.887. The maximum Gasteiger partial charge on any atom is 0.410 e. The Bertz CT molecular complexity index is 453. The summed E-state index contributed by atoms with van der Waals surface area (Å²) in [7, 11) is 0. The van der Waals surface area contributed by atoms with Crippen LogP contribution in [0, 0.1) is 17.8 Å². The van der Waals surface area contributed by atoms with Crippen molar-refractivity contribution in [3.63, 3.8) is 0 Å². The number of piperidine rings is 2. The number of likely N-dealkylation sites (tertiary alicyclic amines) is 2. The molecule has 0 aromatic rings. The smallest absolute Gasteiger partial charge is 0.410 e. The highest BCUT2D eigenvalue weighted by Crippen LogP contribution is 2.52. The highest BCUT2D eigenvalue weighted by atomic mass is 16.6. The van der Waals surface area contributed by atoms with Crippen LogP contribution in [0.1, 0.15) is 33.6 Å². The summed E-state index contributed by atoms with van der Waals surface area (Å²) in [4.78, 5) is 28.1. The van der Waals surface area contributed by atoms with Gasteiger partial charge >= 0.3 is 6.09 Å². The van der Waals surface area contributed by atoms with E-state index in [2.05, 4.69) is 0 Å². The van der Waals surface area contributed by atoms with Crippen LogP contribution in [0.2, 0.25) is 0 Å². The summed E-state index contributed by atoms with van der Waals surface area (Å²) >= 11 is 0. The zero-order valence-electron chi connectivity index (χ0n) is 13.6. The van der Waals surface area contributed by atoms with E-state index in [-0.39, 0.29) is 24.0 Å². The molecule has 0 aromatic heterocycles. The molecule has 22 heavy (non-hydrogen) atoms. The predicted molar refractivity (Wildman–Crippen MR) is 80.1 cm³/mol. The Morgan fingerprint density at radius 2 is 1.59 bits per heavy atom. The van der Waals surface area contributed by atoms with Crippen molar-refractivity contribution >= 4 is 12.0 Å². The number of aliphatic hydroxyl groups is 1. The highest BCUT2D eigenvalue weighted by molar-refractivity contribution is 5.83. The molecule has 2 heterocycles. The molecule has 2 amide bonds. The molecule has 2 aliphatic heterocycles. The van der Waals surface area contributed by atoms with Gasteiger partial charge in [-0.2, -0.15) is 0 Å². The summed E-state index contributed by atoms with van der Waals surface area (Å²) in [6.07, 6.45) is 0.827. The van der Waals surface area contributed by atoms with Gasteiger partial charge in [0, 0.05) is 32.1 Å². The minimum atomic E-state index is -0.478. The number of aliphatic hydroxyl groups excluding tert-OH is 1. The fourth-order valence-electron chi connectivity index (χ4n) is 3.67. The topological polar surface area (TPSA) is 70.1 Å². The van der Waals surface area contributed by atoms with Crippen LogP contribution in [0.4, 0.5) is 4.79 Å². The Hall–Kier alpha value is -1.30. The first kappa shape index (κ1) is 15.6. The lowest BCUT2D eigenvalue weighted by Crippen LogP contribution is -2.43. The molecule has 6 nitrogen and oxygen atoms in total. The minimum absolute atomic E-state index is 0.0777. The van der Waals surface area contributed by atoms with E-state index in [1.807, 2.05) is 25.7 Å². The second-order valence-electron chi connectivity index (χ2n) is 7.80. The van der Waals surface area contributed by atoms with Gasteiger partial charge < -0.3 is 19.6 Å². The number of ether oxygens (including phenoxy) is 1. The van der Waals surface area contributed by atoms with Crippen LogP contribution >= 0.6 is 0 Å². The lowest BCUT2D eigenvalue weighted by atomic mass is 10.1. The normalized spacial score (nSPS) is 31.9. The molecule has 3 rings (SSSR count). The standard InChI is InChI=1S/C16H26N2O4/c1-16(2,3)22-15(21)18-8-11-12(9-18)13(11)14(20)17-6-4-10(19)5-7-17/h10-13,19H,4-9H2,1-3H3/t11-,12+,13?. The highest BCUT2D eigenvalue weighted by Gasteiger charge is 2.61. The van der Waals surface area contributed by atoms with Gasteiger partial charge in [-0.1, -0.05) is 0 Å². The third-order valence-electron chi connectivity index (χ3n) is 4.91. The fourth-order valence-corrected chi connectivity index (χ4v) is 3.67. The average Bonchev–Trinajstić information content (AvgIpc) is 2.90. The van der Waals surface area contributed by atoms with Crippen LogP contribution in [0.3, 0.4) is 0 Å². The lowest BCUT2D eigenvalue weighted by Gasteiger charge is -2.31. The second kappa shape index (κ2) is 5.41. The van der Waals surface area contributed by atoms with E-state index in [0.29, 0.717) is 50.9 Å². The average molecular weight is 310 g/mol. The van der Waals surface area contributed by atoms with Crippen molar-refractivity contribution < 1.29 is 19.4 Å². The lowest BCUT2D eigenvalue weighted by molar-refractivity contribution is -0.135. The molecule has 6 heteroatoms. The Morgan fingerprint density at radius 1 is 1.05 bits per heavy atom. The third-order valence-corrected chi connectivity index (χ3v) is 4.91. The monoisotopic (exact) mass is 310 g/mol. The number of hydrogen-bond acceptors (Lipinski definition) is 4. The van der Waals surface area contributed by atoms with Gasteiger partial charge in [-0.3, -0.25) is 4.79 Å². The van der Waals surface area contributed by atoms with E-state index in [1.54, 1.807) is 4.90 Å². The van der Waals surface area contributed by atoms with Crippen molar-refractivity contribution in [3.05, 3.63) is 0 Å². The molecule has 1 saturated carbocycles. The van der Waals surface area contributed by atoms with Gasteiger partial charge in [0.15, 0.2) is 0 Å². The van der Waals surface area contributed by atoms with Crippen LogP contribution < -0.4 is 0 Å². The molecule has 3 aliphatic rings. The van der Waals surface area contributed by atoms with Crippen molar-refractivity contribution in [2.24, 2.45) is 17.8 Å². The first-order valence-corrected chi connectivity index (χ1v) is 8.21. The number of fused-ring (bicyclic) bond motifs is 1. The van der Waals surface area contributed by atoms with E-state index < -0.39 is 5.60 Å². The molecule has 0 bridgehead atoms. The molecule has 124 valence electrons. The van der Waals surface area contributed by atoms with E-state index in [9.17, 15) is 14.7 Å². The molecule has 1 aliphatic carbocycles. The summed E-state index contributed by atoms with van der Waals surface area (Å²) in [5, 5.41) is 9.52. The molecule has 1 unspecified atom stereocenters. The Kier molecular flexibility index (Phi) is 3.83. The van der Waals surface area contributed by atoms with Crippen molar-refractivity contribution in [2.45, 2.75) is 45.3 Å². The van der Waals surface area contributed by atoms with Crippen LogP contribution in [0.25, 0.3) is 0 Å². The van der Waals surface area contributed by atoms with Gasteiger partial charge in [-0.05, 0) is 45.4 Å². The third kappa shape index (κ3) is 3.07. The molecule has 2 saturated heterocycles. The Morgan fingerprint density at radius 3 is 2.09 bits per heavy atom. The van der Waals surface area contributed by atoms with E-state index in [0.717, 1.165) is 0 Å². The van der Waals surface area contributed by atoms with Gasteiger partial charge in [-0.15, -0.1) is 0 Å². The number of carbonyl (C=O) groups excluding carboxylic acids is 2. The Labute approximate surface area is 131 Å². The molecule has 1 N–H and O–H groups in total. The first-order chi connectivity index (χ1) is 10.3. The molecule has 3 fully saturated rings. The summed E-state index contributed by atoms with van der Waals surface area (Å²) in [6.45, 7) is 8.16. The van der Waals surface area contributed by atoms with Crippen LogP contribution in [0.15, 0.2) is 0 Å². The molecular weight excluding hydrogens is 284 g/mol. The zero-order valence-corrected chi connectivity index (χ0v) is 13.6. The minimum Gasteiger partial charge on any atom is -0.444 e. The van der Waals surface area contributed by atoms with Gasteiger partial charge in [0.2, 0.25) is 5.91 Å². The number of hydrogen-bond donors (Lipinski definition) is 1. The maximum absolute atomic E-state index is 12.5. The quantitative estimate of drug-likeness (QED) is 0.787. The Balaban J connectivity index is 1.48. The summed E-state index contributed by atoms with van der Waals surface area (Å²) in [6, 6.07) is 0. The van der Waals surface area contributed by atoms with Crippen molar-refractivity contribution in [3.8, 4) is 0 Å². The van der Waals surface area contributed by atoms with E-state index in [1.165, 1.54) is 0 Å². The van der Waals surface area contributed by atoms with Gasteiger partial charge in [0.25, 0.3) is 0 Å². The van der Waals surface area contributed by atoms with Gasteiger partial charge in [0.05, 0.1) is 6.10 Å². The fraction of sp³-hybridized carbons (Fsp3) is 0.875. The summed E-state index contributed by atoms with van der Waals surface area (Å²) in [5.41, 5.74) is -0.478. The van der Waals surface area contributed by atoms with Crippen LogP contribution in [-0.4, -0.2) is 64.8 Å². The molecule has 0 radical (unpaired) electrons. The van der Waals surface area contributed by atoms with Crippen molar-refractivity contribution in [1.82, 2.24) is 9.80 Å². The van der Waals surface area contributed by atoms with Crippen LogP contribution in [0.5, 0.6) is 0 Å². The molecule has 0 aromatic carbocycles.